The largest absolute Gasteiger partial charge is 0.282 e. The molecule has 0 saturated heterocycles. The summed E-state index contributed by atoms with van der Waals surface area (Å²) in [5.74, 6) is -0.0515. The number of anilines is 1. The molecule has 2 aromatic carbocycles. The van der Waals surface area contributed by atoms with Crippen molar-refractivity contribution in [3.8, 4) is 6.07 Å². The molecule has 0 spiro atoms. The first-order valence-electron chi connectivity index (χ1n) is 6.24. The van der Waals surface area contributed by atoms with Crippen LogP contribution < -0.4 is 4.72 Å². The highest BCUT2D eigenvalue weighted by molar-refractivity contribution is 7.92. The number of hydrogen-bond donors (Lipinski definition) is 1. The summed E-state index contributed by atoms with van der Waals surface area (Å²) in [4.78, 5) is 0. The lowest BCUT2D eigenvalue weighted by atomic mass is 10.2. The van der Waals surface area contributed by atoms with E-state index in [1.54, 1.807) is 0 Å². The number of hydrogen-bond acceptors (Lipinski definition) is 3. The van der Waals surface area contributed by atoms with E-state index in [1.807, 2.05) is 36.4 Å². The van der Waals surface area contributed by atoms with Crippen molar-refractivity contribution in [3.63, 3.8) is 0 Å². The first kappa shape index (κ1) is 15.4. The summed E-state index contributed by atoms with van der Waals surface area (Å²) < 4.78 is 26.6. The van der Waals surface area contributed by atoms with Gasteiger partial charge in [-0.15, -0.1) is 0 Å². The van der Waals surface area contributed by atoms with Gasteiger partial charge in [0.25, 0.3) is 0 Å². The van der Waals surface area contributed by atoms with Crippen LogP contribution in [-0.4, -0.2) is 14.2 Å². The molecule has 0 amide bonds. The minimum absolute atomic E-state index is 0.0515. The van der Waals surface area contributed by atoms with Gasteiger partial charge in [-0.1, -0.05) is 41.9 Å². The van der Waals surface area contributed by atoms with Crippen molar-refractivity contribution < 1.29 is 8.42 Å². The Morgan fingerprint density at radius 3 is 2.52 bits per heavy atom. The van der Waals surface area contributed by atoms with E-state index in [1.165, 1.54) is 18.2 Å². The van der Waals surface area contributed by atoms with Crippen LogP contribution in [0.2, 0.25) is 5.02 Å². The van der Waals surface area contributed by atoms with Gasteiger partial charge in [0.2, 0.25) is 10.0 Å². The number of halogens is 1. The Balaban J connectivity index is 2.09. The molecule has 2 rings (SSSR count). The number of nitrogens with zero attached hydrogens (tertiary/aromatic N) is 1. The van der Waals surface area contributed by atoms with E-state index in [0.29, 0.717) is 12.0 Å². The van der Waals surface area contributed by atoms with Crippen LogP contribution in [-0.2, 0) is 16.4 Å². The molecule has 1 N–H and O–H groups in total. The van der Waals surface area contributed by atoms with Crippen molar-refractivity contribution in [1.82, 2.24) is 0 Å². The zero-order valence-electron chi connectivity index (χ0n) is 11.1. The summed E-state index contributed by atoms with van der Waals surface area (Å²) in [5, 5.41) is 9.09. The van der Waals surface area contributed by atoms with Crippen LogP contribution in [0, 0.1) is 11.3 Å². The summed E-state index contributed by atoms with van der Waals surface area (Å²) in [5.41, 5.74) is 1.52. The second kappa shape index (κ2) is 6.61. The molecule has 0 aromatic heterocycles. The van der Waals surface area contributed by atoms with E-state index in [2.05, 4.69) is 4.72 Å². The minimum Gasteiger partial charge on any atom is -0.282 e. The molecule has 0 atom stereocenters. The maximum absolute atomic E-state index is 12.1. The highest BCUT2D eigenvalue weighted by atomic mass is 35.5. The van der Waals surface area contributed by atoms with Crippen molar-refractivity contribution in [2.24, 2.45) is 0 Å². The average molecular weight is 321 g/mol. The fourth-order valence-electron chi connectivity index (χ4n) is 1.79. The highest BCUT2D eigenvalue weighted by Gasteiger charge is 2.13. The van der Waals surface area contributed by atoms with Gasteiger partial charge in [-0.05, 0) is 30.2 Å². The van der Waals surface area contributed by atoms with Crippen LogP contribution in [0.5, 0.6) is 0 Å². The summed E-state index contributed by atoms with van der Waals surface area (Å²) in [6.45, 7) is 0. The van der Waals surface area contributed by atoms with Gasteiger partial charge in [-0.25, -0.2) is 8.42 Å². The third-order valence-electron chi connectivity index (χ3n) is 2.86. The van der Waals surface area contributed by atoms with Gasteiger partial charge in [0.05, 0.1) is 28.1 Å². The lowest BCUT2D eigenvalue weighted by Gasteiger charge is -2.10. The van der Waals surface area contributed by atoms with Crippen LogP contribution in [0.4, 0.5) is 5.69 Å². The van der Waals surface area contributed by atoms with Crippen LogP contribution in [0.3, 0.4) is 0 Å². The molecular formula is C15H13ClN2O2S. The lowest BCUT2D eigenvalue weighted by molar-refractivity contribution is 0.600. The summed E-state index contributed by atoms with van der Waals surface area (Å²) in [6.07, 6.45) is 0.408. The van der Waals surface area contributed by atoms with E-state index >= 15 is 0 Å². The number of sulfonamides is 1. The van der Waals surface area contributed by atoms with E-state index in [4.69, 9.17) is 16.9 Å². The maximum atomic E-state index is 12.1. The SMILES string of the molecule is N#Cc1ccc(Cl)c(NS(=O)(=O)CCc2ccccc2)c1. The molecule has 0 bridgehead atoms. The zero-order valence-corrected chi connectivity index (χ0v) is 12.7. The Labute approximate surface area is 129 Å². The second-order valence-electron chi connectivity index (χ2n) is 4.46. The quantitative estimate of drug-likeness (QED) is 0.919. The molecule has 0 aliphatic rings. The molecule has 0 aliphatic carbocycles. The van der Waals surface area contributed by atoms with Crippen molar-refractivity contribution >= 4 is 27.3 Å². The first-order valence-corrected chi connectivity index (χ1v) is 8.27. The topological polar surface area (TPSA) is 70.0 Å². The Morgan fingerprint density at radius 2 is 1.86 bits per heavy atom. The summed E-state index contributed by atoms with van der Waals surface area (Å²) >= 11 is 5.94. The smallest absolute Gasteiger partial charge is 0.233 e. The molecule has 21 heavy (non-hydrogen) atoms. The van der Waals surface area contributed by atoms with Gasteiger partial charge >= 0.3 is 0 Å². The van der Waals surface area contributed by atoms with Crippen molar-refractivity contribution in [2.75, 3.05) is 10.5 Å². The minimum atomic E-state index is -3.52. The van der Waals surface area contributed by atoms with Gasteiger partial charge in [-0.2, -0.15) is 5.26 Å². The Hall–Kier alpha value is -2.03. The summed E-state index contributed by atoms with van der Waals surface area (Å²) in [7, 11) is -3.52. The molecule has 0 aliphatic heterocycles. The Kier molecular flexibility index (Phi) is 4.84. The van der Waals surface area contributed by atoms with Gasteiger partial charge in [0, 0.05) is 0 Å². The molecule has 4 nitrogen and oxygen atoms in total. The molecule has 0 radical (unpaired) electrons. The number of benzene rings is 2. The van der Waals surface area contributed by atoms with Gasteiger partial charge < -0.3 is 0 Å². The van der Waals surface area contributed by atoms with E-state index in [9.17, 15) is 8.42 Å². The Bertz CT molecular complexity index is 768. The molecule has 6 heteroatoms. The monoisotopic (exact) mass is 320 g/mol. The molecule has 0 fully saturated rings. The molecule has 0 unspecified atom stereocenters. The number of aryl methyl sites for hydroxylation is 1. The second-order valence-corrected chi connectivity index (χ2v) is 6.71. The molecular weight excluding hydrogens is 308 g/mol. The van der Waals surface area contributed by atoms with Gasteiger partial charge in [0.1, 0.15) is 0 Å². The fraction of sp³-hybridized carbons (Fsp3) is 0.133. The average Bonchev–Trinajstić information content (AvgIpc) is 2.48. The molecule has 108 valence electrons. The summed E-state index contributed by atoms with van der Waals surface area (Å²) in [6, 6.07) is 15.7. The Morgan fingerprint density at radius 1 is 1.14 bits per heavy atom. The van der Waals surface area contributed by atoms with E-state index < -0.39 is 10.0 Å². The van der Waals surface area contributed by atoms with Crippen molar-refractivity contribution in [1.29, 1.82) is 5.26 Å². The standard InChI is InChI=1S/C15H13ClN2O2S/c16-14-7-6-13(11-17)10-15(14)18-21(19,20)9-8-12-4-2-1-3-5-12/h1-7,10,18H,8-9H2. The van der Waals surface area contributed by atoms with Crippen molar-refractivity contribution in [2.45, 2.75) is 6.42 Å². The molecule has 0 heterocycles. The first-order chi connectivity index (χ1) is 10.00. The van der Waals surface area contributed by atoms with Crippen LogP contribution >= 0.6 is 11.6 Å². The number of nitrogens with one attached hydrogen (secondary N) is 1. The molecule has 0 saturated carbocycles. The molecule has 2 aromatic rings. The van der Waals surface area contributed by atoms with Crippen LogP contribution in [0.15, 0.2) is 48.5 Å². The van der Waals surface area contributed by atoms with Crippen LogP contribution in [0.25, 0.3) is 0 Å². The van der Waals surface area contributed by atoms with Gasteiger partial charge in [0.15, 0.2) is 0 Å². The lowest BCUT2D eigenvalue weighted by Crippen LogP contribution is -2.18. The zero-order chi connectivity index (χ0) is 15.3. The maximum Gasteiger partial charge on any atom is 0.233 e. The normalized spacial score (nSPS) is 10.9. The number of rotatable bonds is 5. The fourth-order valence-corrected chi connectivity index (χ4v) is 3.12. The predicted molar refractivity (Wildman–Crippen MR) is 83.7 cm³/mol. The predicted octanol–water partition coefficient (Wildman–Crippen LogP) is 3.20. The van der Waals surface area contributed by atoms with Crippen molar-refractivity contribution in [3.05, 3.63) is 64.7 Å². The highest BCUT2D eigenvalue weighted by Crippen LogP contribution is 2.24. The third-order valence-corrected chi connectivity index (χ3v) is 4.47. The van der Waals surface area contributed by atoms with Crippen LogP contribution in [0.1, 0.15) is 11.1 Å². The third kappa shape index (κ3) is 4.48. The van der Waals surface area contributed by atoms with E-state index in [0.717, 1.165) is 5.56 Å². The van der Waals surface area contributed by atoms with E-state index in [-0.39, 0.29) is 16.5 Å². The number of nitriles is 1. The van der Waals surface area contributed by atoms with Gasteiger partial charge in [-0.3, -0.25) is 4.72 Å².